The molecule has 3 aliphatic rings. The van der Waals surface area contributed by atoms with E-state index in [2.05, 4.69) is 5.32 Å². The van der Waals surface area contributed by atoms with Gasteiger partial charge < -0.3 is 16.0 Å². The number of rotatable bonds is 2. The van der Waals surface area contributed by atoms with Gasteiger partial charge in [-0.15, -0.1) is 12.4 Å². The second kappa shape index (κ2) is 7.57. The fourth-order valence-corrected chi connectivity index (χ4v) is 5.05. The molecular weight excluding hydrogens is 350 g/mol. The summed E-state index contributed by atoms with van der Waals surface area (Å²) in [6, 6.07) is 6.17. The molecule has 1 aromatic carbocycles. The molecule has 2 fully saturated rings. The van der Waals surface area contributed by atoms with Gasteiger partial charge in [0.25, 0.3) is 0 Å². The summed E-state index contributed by atoms with van der Waals surface area (Å²) in [5.41, 5.74) is 9.29. The molecule has 0 spiro atoms. The third-order valence-corrected chi connectivity index (χ3v) is 6.41. The number of nitrogens with one attached hydrogen (secondary N) is 1. The first-order chi connectivity index (χ1) is 12.0. The van der Waals surface area contributed by atoms with Crippen LogP contribution < -0.4 is 16.0 Å². The van der Waals surface area contributed by atoms with Crippen LogP contribution in [0.15, 0.2) is 18.2 Å². The Morgan fingerprint density at radius 1 is 1.19 bits per heavy atom. The van der Waals surface area contributed by atoms with Gasteiger partial charge in [0.15, 0.2) is 0 Å². The minimum Gasteiger partial charge on any atom is -0.327 e. The summed E-state index contributed by atoms with van der Waals surface area (Å²) < 4.78 is 0. The summed E-state index contributed by atoms with van der Waals surface area (Å²) in [5, 5.41) is 3.11. The maximum atomic E-state index is 12.8. The Morgan fingerprint density at radius 3 is 2.54 bits per heavy atom. The lowest BCUT2D eigenvalue weighted by Crippen LogP contribution is -2.48. The quantitative estimate of drug-likeness (QED) is 0.831. The monoisotopic (exact) mass is 377 g/mol. The molecule has 1 aromatic rings. The molecule has 0 saturated heterocycles. The van der Waals surface area contributed by atoms with Crippen LogP contribution >= 0.6 is 12.4 Å². The number of amides is 2. The van der Waals surface area contributed by atoms with Crippen LogP contribution in [0.2, 0.25) is 0 Å². The molecule has 4 rings (SSSR count). The van der Waals surface area contributed by atoms with E-state index in [0.29, 0.717) is 11.8 Å². The number of anilines is 2. The van der Waals surface area contributed by atoms with Crippen LogP contribution in [0, 0.1) is 17.8 Å². The van der Waals surface area contributed by atoms with Gasteiger partial charge in [0.05, 0.1) is 0 Å². The van der Waals surface area contributed by atoms with E-state index in [1.54, 1.807) is 11.8 Å². The number of benzene rings is 1. The fourth-order valence-electron chi connectivity index (χ4n) is 5.05. The van der Waals surface area contributed by atoms with Crippen molar-refractivity contribution in [1.82, 2.24) is 0 Å². The first kappa shape index (κ1) is 19.2. The van der Waals surface area contributed by atoms with E-state index in [-0.39, 0.29) is 36.2 Å². The number of nitrogens with two attached hydrogens (primary N) is 1. The lowest BCUT2D eigenvalue weighted by molar-refractivity contribution is -0.122. The van der Waals surface area contributed by atoms with E-state index in [0.717, 1.165) is 42.7 Å². The highest BCUT2D eigenvalue weighted by molar-refractivity contribution is 5.96. The van der Waals surface area contributed by atoms with E-state index in [4.69, 9.17) is 5.73 Å². The number of hydrogen-bond acceptors (Lipinski definition) is 3. The zero-order valence-electron chi connectivity index (χ0n) is 15.2. The molecule has 2 amide bonds. The van der Waals surface area contributed by atoms with Gasteiger partial charge in [0.1, 0.15) is 0 Å². The van der Waals surface area contributed by atoms with Gasteiger partial charge >= 0.3 is 0 Å². The average Bonchev–Trinajstić information content (AvgIpc) is 2.97. The molecule has 26 heavy (non-hydrogen) atoms. The highest BCUT2D eigenvalue weighted by Gasteiger charge is 2.40. The van der Waals surface area contributed by atoms with Crippen molar-refractivity contribution in [2.75, 3.05) is 16.8 Å². The molecule has 2 bridgehead atoms. The second-order valence-corrected chi connectivity index (χ2v) is 7.95. The normalized spacial score (nSPS) is 29.5. The summed E-state index contributed by atoms with van der Waals surface area (Å²) >= 11 is 0. The summed E-state index contributed by atoms with van der Waals surface area (Å²) in [4.78, 5) is 26.2. The molecule has 6 heteroatoms. The minimum atomic E-state index is 0. The number of hydrogen-bond donors (Lipinski definition) is 2. The van der Waals surface area contributed by atoms with Crippen LogP contribution in [0.5, 0.6) is 0 Å². The smallest absolute Gasteiger partial charge is 0.227 e. The molecule has 2 atom stereocenters. The molecule has 3 N–H and O–H groups in total. The largest absolute Gasteiger partial charge is 0.327 e. The number of nitrogens with zero attached hydrogens (tertiary/aromatic N) is 1. The van der Waals surface area contributed by atoms with Gasteiger partial charge in [-0.25, -0.2) is 0 Å². The summed E-state index contributed by atoms with van der Waals surface area (Å²) in [7, 11) is 0. The van der Waals surface area contributed by atoms with E-state index in [9.17, 15) is 9.59 Å². The molecule has 1 heterocycles. The van der Waals surface area contributed by atoms with E-state index in [1.807, 2.05) is 18.2 Å². The SMILES string of the molecule is CC(=O)N1CCc2cc(NC(=O)C3CC4CCCC(C3)C4N)ccc21.Cl. The zero-order chi connectivity index (χ0) is 17.6. The summed E-state index contributed by atoms with van der Waals surface area (Å²) in [5.74, 6) is 1.29. The first-order valence-electron chi connectivity index (χ1n) is 9.50. The van der Waals surface area contributed by atoms with Crippen LogP contribution in [-0.4, -0.2) is 24.4 Å². The van der Waals surface area contributed by atoms with Gasteiger partial charge in [-0.05, 0) is 67.7 Å². The first-order valence-corrected chi connectivity index (χ1v) is 9.50. The van der Waals surface area contributed by atoms with E-state index in [1.165, 1.54) is 19.3 Å². The molecule has 5 nitrogen and oxygen atoms in total. The van der Waals surface area contributed by atoms with Gasteiger partial charge in [-0.2, -0.15) is 0 Å². The maximum Gasteiger partial charge on any atom is 0.227 e. The number of fused-ring (bicyclic) bond motifs is 3. The Balaban J connectivity index is 0.00000196. The van der Waals surface area contributed by atoms with Crippen LogP contribution in [0.3, 0.4) is 0 Å². The van der Waals surface area contributed by atoms with Crippen molar-refractivity contribution in [3.63, 3.8) is 0 Å². The third kappa shape index (κ3) is 3.47. The summed E-state index contributed by atoms with van der Waals surface area (Å²) in [6.45, 7) is 2.32. The van der Waals surface area contributed by atoms with Crippen molar-refractivity contribution in [3.05, 3.63) is 23.8 Å². The number of halogens is 1. The van der Waals surface area contributed by atoms with Gasteiger partial charge in [-0.1, -0.05) is 6.42 Å². The third-order valence-electron chi connectivity index (χ3n) is 6.41. The van der Waals surface area contributed by atoms with Crippen LogP contribution in [0.1, 0.15) is 44.6 Å². The molecule has 2 aliphatic carbocycles. The maximum absolute atomic E-state index is 12.8. The topological polar surface area (TPSA) is 75.4 Å². The molecule has 2 unspecified atom stereocenters. The highest BCUT2D eigenvalue weighted by Crippen LogP contribution is 2.42. The Labute approximate surface area is 161 Å². The predicted octanol–water partition coefficient (Wildman–Crippen LogP) is 3.11. The standard InChI is InChI=1S/C20H27N3O2.ClH/c1-12(24)23-8-7-13-11-17(5-6-18(13)23)22-20(25)16-9-14-3-2-4-15(10-16)19(14)21;/h5-6,11,14-16,19H,2-4,7-10,21H2,1H3,(H,22,25);1H. The van der Waals surface area contributed by atoms with E-state index >= 15 is 0 Å². The summed E-state index contributed by atoms with van der Waals surface area (Å²) in [6.07, 6.45) is 6.29. The Hall–Kier alpha value is -1.59. The molecular formula is C20H28ClN3O2. The Bertz CT molecular complexity index is 694. The van der Waals surface area contributed by atoms with Crippen LogP contribution in [0.25, 0.3) is 0 Å². The Kier molecular flexibility index (Phi) is 5.58. The van der Waals surface area contributed by atoms with Gasteiger partial charge in [0, 0.05) is 36.8 Å². The minimum absolute atomic E-state index is 0. The van der Waals surface area contributed by atoms with Gasteiger partial charge in [-0.3, -0.25) is 9.59 Å². The van der Waals surface area contributed by atoms with Crippen molar-refractivity contribution in [1.29, 1.82) is 0 Å². The molecule has 0 radical (unpaired) electrons. The van der Waals surface area contributed by atoms with Crippen LogP contribution in [-0.2, 0) is 16.0 Å². The van der Waals surface area contributed by atoms with E-state index < -0.39 is 0 Å². The average molecular weight is 378 g/mol. The molecule has 142 valence electrons. The van der Waals surface area contributed by atoms with Crippen molar-refractivity contribution < 1.29 is 9.59 Å². The number of carbonyl (C=O) groups excluding carboxylic acids is 2. The lowest BCUT2D eigenvalue weighted by Gasteiger charge is -2.43. The van der Waals surface area contributed by atoms with Gasteiger partial charge in [0.2, 0.25) is 11.8 Å². The van der Waals surface area contributed by atoms with Crippen LogP contribution in [0.4, 0.5) is 11.4 Å². The molecule has 0 aromatic heterocycles. The molecule has 2 saturated carbocycles. The zero-order valence-corrected chi connectivity index (χ0v) is 16.1. The van der Waals surface area contributed by atoms with Crippen molar-refractivity contribution >= 4 is 35.6 Å². The van der Waals surface area contributed by atoms with Crippen molar-refractivity contribution in [2.24, 2.45) is 23.5 Å². The predicted molar refractivity (Wildman–Crippen MR) is 106 cm³/mol. The van der Waals surface area contributed by atoms with Crippen molar-refractivity contribution in [3.8, 4) is 0 Å². The second-order valence-electron chi connectivity index (χ2n) is 7.95. The highest BCUT2D eigenvalue weighted by atomic mass is 35.5. The van der Waals surface area contributed by atoms with Crippen molar-refractivity contribution in [2.45, 2.75) is 51.5 Å². The molecule has 1 aliphatic heterocycles. The fraction of sp³-hybridized carbons (Fsp3) is 0.600. The number of carbonyl (C=O) groups is 2. The lowest BCUT2D eigenvalue weighted by atomic mass is 9.65. The Morgan fingerprint density at radius 2 is 1.88 bits per heavy atom.